The number of aliphatic carboxylic acids is 1. The van der Waals surface area contributed by atoms with Crippen LogP contribution in [0.2, 0.25) is 0 Å². The average molecular weight is 244 g/mol. The van der Waals surface area contributed by atoms with Crippen molar-refractivity contribution in [2.24, 2.45) is 11.1 Å². The maximum absolute atomic E-state index is 11.8. The smallest absolute Gasteiger partial charge is 0.326 e. The Hall–Kier alpha value is -1.10. The Morgan fingerprint density at radius 3 is 2.24 bits per heavy atom. The van der Waals surface area contributed by atoms with Gasteiger partial charge in [0.05, 0.1) is 6.04 Å². The van der Waals surface area contributed by atoms with Crippen molar-refractivity contribution < 1.29 is 14.7 Å². The molecule has 0 aromatic heterocycles. The summed E-state index contributed by atoms with van der Waals surface area (Å²) in [6.45, 7) is 7.51. The predicted octanol–water partition coefficient (Wildman–Crippen LogP) is 1.12. The summed E-state index contributed by atoms with van der Waals surface area (Å²) < 4.78 is 0. The number of hydrogen-bond donors (Lipinski definition) is 3. The molecule has 0 spiro atoms. The number of nitrogens with two attached hydrogens (primary N) is 1. The molecule has 100 valence electrons. The van der Waals surface area contributed by atoms with Gasteiger partial charge in [0.2, 0.25) is 5.91 Å². The summed E-state index contributed by atoms with van der Waals surface area (Å²) in [4.78, 5) is 22.7. The van der Waals surface area contributed by atoms with Gasteiger partial charge >= 0.3 is 5.97 Å². The second kappa shape index (κ2) is 6.59. The molecule has 0 bridgehead atoms. The van der Waals surface area contributed by atoms with Gasteiger partial charge in [-0.25, -0.2) is 4.79 Å². The summed E-state index contributed by atoms with van der Waals surface area (Å²) in [5, 5.41) is 11.5. The molecule has 0 saturated carbocycles. The minimum atomic E-state index is -1.01. The highest BCUT2D eigenvalue weighted by molar-refractivity contribution is 5.87. The zero-order chi connectivity index (χ0) is 13.6. The molecule has 0 fully saturated rings. The Bertz CT molecular complexity index is 271. The summed E-state index contributed by atoms with van der Waals surface area (Å²) in [6.07, 6.45) is 2.10. The van der Waals surface area contributed by atoms with Gasteiger partial charge in [0.1, 0.15) is 6.04 Å². The largest absolute Gasteiger partial charge is 0.480 e. The molecule has 17 heavy (non-hydrogen) atoms. The van der Waals surface area contributed by atoms with Gasteiger partial charge < -0.3 is 16.2 Å². The van der Waals surface area contributed by atoms with Crippen LogP contribution in [0.3, 0.4) is 0 Å². The molecule has 5 heteroatoms. The third kappa shape index (κ3) is 5.68. The molecule has 0 aliphatic heterocycles. The number of nitrogens with one attached hydrogen (secondary N) is 1. The predicted molar refractivity (Wildman–Crippen MR) is 66.5 cm³/mol. The lowest BCUT2D eigenvalue weighted by molar-refractivity contribution is -0.142. The highest BCUT2D eigenvalue weighted by Crippen LogP contribution is 2.17. The lowest BCUT2D eigenvalue weighted by atomic mass is 9.86. The molecule has 0 rings (SSSR count). The van der Waals surface area contributed by atoms with Crippen molar-refractivity contribution in [3.8, 4) is 0 Å². The van der Waals surface area contributed by atoms with Crippen molar-refractivity contribution >= 4 is 11.9 Å². The summed E-state index contributed by atoms with van der Waals surface area (Å²) in [5.74, 6) is -1.41. The summed E-state index contributed by atoms with van der Waals surface area (Å²) in [7, 11) is 0. The Labute approximate surface area is 103 Å². The second-order valence-electron chi connectivity index (χ2n) is 5.39. The number of hydrogen-bond acceptors (Lipinski definition) is 3. The molecule has 0 aromatic carbocycles. The molecule has 4 N–H and O–H groups in total. The molecular formula is C12H24N2O3. The number of rotatable bonds is 6. The van der Waals surface area contributed by atoms with Crippen LogP contribution in [0.15, 0.2) is 0 Å². The summed E-state index contributed by atoms with van der Waals surface area (Å²) in [5.41, 5.74) is 5.39. The van der Waals surface area contributed by atoms with Crippen LogP contribution in [0, 0.1) is 5.41 Å². The van der Waals surface area contributed by atoms with Gasteiger partial charge in [-0.1, -0.05) is 40.5 Å². The van der Waals surface area contributed by atoms with Crippen LogP contribution in [0.5, 0.6) is 0 Å². The maximum atomic E-state index is 11.8. The molecule has 1 unspecified atom stereocenters. The lowest BCUT2D eigenvalue weighted by Crippen LogP contribution is -2.53. The van der Waals surface area contributed by atoms with E-state index in [9.17, 15) is 9.59 Å². The average Bonchev–Trinajstić information content (AvgIpc) is 2.20. The Kier molecular flexibility index (Phi) is 6.16. The van der Waals surface area contributed by atoms with E-state index in [1.807, 2.05) is 27.7 Å². The zero-order valence-electron chi connectivity index (χ0n) is 11.1. The molecule has 0 aliphatic carbocycles. The van der Waals surface area contributed by atoms with Gasteiger partial charge in [-0.05, 0) is 11.8 Å². The second-order valence-corrected chi connectivity index (χ2v) is 5.39. The summed E-state index contributed by atoms with van der Waals surface area (Å²) in [6, 6.07) is -1.54. The first-order valence-electron chi connectivity index (χ1n) is 5.99. The molecule has 0 radical (unpaired) electrons. The van der Waals surface area contributed by atoms with Crippen molar-refractivity contribution in [3.63, 3.8) is 0 Å². The van der Waals surface area contributed by atoms with Crippen LogP contribution in [0.25, 0.3) is 0 Å². The molecular weight excluding hydrogens is 220 g/mol. The van der Waals surface area contributed by atoms with Crippen LogP contribution in [-0.4, -0.2) is 29.1 Å². The van der Waals surface area contributed by atoms with Gasteiger partial charge in [0, 0.05) is 0 Å². The molecule has 0 heterocycles. The normalized spacial score (nSPS) is 15.1. The molecule has 0 aromatic rings. The molecule has 0 saturated heterocycles. The van der Waals surface area contributed by atoms with E-state index >= 15 is 0 Å². The topological polar surface area (TPSA) is 92.4 Å². The molecule has 0 aliphatic rings. The lowest BCUT2D eigenvalue weighted by Gasteiger charge is -2.27. The van der Waals surface area contributed by atoms with Crippen LogP contribution < -0.4 is 11.1 Å². The highest BCUT2D eigenvalue weighted by Gasteiger charge is 2.30. The van der Waals surface area contributed by atoms with Crippen LogP contribution in [0.4, 0.5) is 0 Å². The fraction of sp³-hybridized carbons (Fsp3) is 0.833. The molecule has 5 nitrogen and oxygen atoms in total. The van der Waals surface area contributed by atoms with Gasteiger partial charge in [0.25, 0.3) is 0 Å². The van der Waals surface area contributed by atoms with Crippen LogP contribution >= 0.6 is 0 Å². The molecule has 2 atom stereocenters. The zero-order valence-corrected chi connectivity index (χ0v) is 11.1. The van der Waals surface area contributed by atoms with E-state index in [2.05, 4.69) is 5.32 Å². The van der Waals surface area contributed by atoms with Gasteiger partial charge in [-0.3, -0.25) is 4.79 Å². The minimum absolute atomic E-state index is 0.377. The first-order valence-corrected chi connectivity index (χ1v) is 5.99. The minimum Gasteiger partial charge on any atom is -0.480 e. The van der Waals surface area contributed by atoms with E-state index in [-0.39, 0.29) is 5.41 Å². The number of amides is 1. The van der Waals surface area contributed by atoms with E-state index in [0.717, 1.165) is 12.8 Å². The number of unbranched alkanes of at least 4 members (excludes halogenated alkanes) is 1. The van der Waals surface area contributed by atoms with Gasteiger partial charge in [0.15, 0.2) is 0 Å². The number of carbonyl (C=O) groups excluding carboxylic acids is 1. The Morgan fingerprint density at radius 1 is 1.35 bits per heavy atom. The van der Waals surface area contributed by atoms with Crippen molar-refractivity contribution in [3.05, 3.63) is 0 Å². The van der Waals surface area contributed by atoms with Crippen molar-refractivity contribution in [1.29, 1.82) is 0 Å². The standard InChI is InChI=1S/C12H24N2O3/c1-5-6-7-8(11(16)17)14-10(15)9(13)12(2,3)4/h8-9H,5-7,13H2,1-4H3,(H,14,15)(H,16,17)/t8?,9-/m1/s1. The van der Waals surface area contributed by atoms with E-state index in [1.54, 1.807) is 0 Å². The van der Waals surface area contributed by atoms with Gasteiger partial charge in [-0.15, -0.1) is 0 Å². The van der Waals surface area contributed by atoms with Crippen molar-refractivity contribution in [2.45, 2.75) is 59.0 Å². The van der Waals surface area contributed by atoms with Crippen LogP contribution in [0.1, 0.15) is 47.0 Å². The quantitative estimate of drug-likeness (QED) is 0.652. The van der Waals surface area contributed by atoms with E-state index in [0.29, 0.717) is 6.42 Å². The van der Waals surface area contributed by atoms with Crippen molar-refractivity contribution in [1.82, 2.24) is 5.32 Å². The van der Waals surface area contributed by atoms with Crippen LogP contribution in [-0.2, 0) is 9.59 Å². The summed E-state index contributed by atoms with van der Waals surface area (Å²) >= 11 is 0. The van der Waals surface area contributed by atoms with E-state index < -0.39 is 24.0 Å². The first kappa shape index (κ1) is 15.9. The number of carbonyl (C=O) groups is 2. The SMILES string of the molecule is CCCCC(NC(=O)[C@@H](N)C(C)(C)C)C(=O)O. The fourth-order valence-corrected chi connectivity index (χ4v) is 1.32. The Morgan fingerprint density at radius 2 is 1.88 bits per heavy atom. The van der Waals surface area contributed by atoms with Crippen molar-refractivity contribution in [2.75, 3.05) is 0 Å². The Balaban J connectivity index is 4.45. The number of carboxylic acid groups (broad SMARTS) is 1. The maximum Gasteiger partial charge on any atom is 0.326 e. The van der Waals surface area contributed by atoms with E-state index in [4.69, 9.17) is 10.8 Å². The van der Waals surface area contributed by atoms with Gasteiger partial charge in [-0.2, -0.15) is 0 Å². The number of carboxylic acids is 1. The first-order chi connectivity index (χ1) is 7.70. The third-order valence-electron chi connectivity index (χ3n) is 2.68. The fourth-order valence-electron chi connectivity index (χ4n) is 1.32. The highest BCUT2D eigenvalue weighted by atomic mass is 16.4. The monoisotopic (exact) mass is 244 g/mol. The molecule has 1 amide bonds. The third-order valence-corrected chi connectivity index (χ3v) is 2.68. The van der Waals surface area contributed by atoms with E-state index in [1.165, 1.54) is 0 Å².